The minimum absolute atomic E-state index is 0.132. The topological polar surface area (TPSA) is 109 Å². The zero-order valence-corrected chi connectivity index (χ0v) is 18.8. The van der Waals surface area contributed by atoms with E-state index in [1.807, 2.05) is 6.08 Å². The van der Waals surface area contributed by atoms with Crippen LogP contribution in [0.2, 0.25) is 0 Å². The zero-order valence-electron chi connectivity index (χ0n) is 18.8. The summed E-state index contributed by atoms with van der Waals surface area (Å²) in [5.41, 5.74) is -1.28. The molecule has 0 saturated carbocycles. The highest BCUT2D eigenvalue weighted by Gasteiger charge is 2.72. The number of fused-ring (bicyclic) bond motifs is 2. The quantitative estimate of drug-likeness (QED) is 0.402. The number of ether oxygens (including phenoxy) is 3. The molecule has 5 rings (SSSR count). The molecule has 5 aliphatic heterocycles. The lowest BCUT2D eigenvalue weighted by Gasteiger charge is -2.38. The maximum absolute atomic E-state index is 13.9. The SMILES string of the molecule is C[C@H](CO)N1C(=O)[C@@H]2[C@H]3C(=O)OCC=C[C@H]3O[C@@]23C=CCN(CCN2CCOCC2)C(=O)C13. The summed E-state index contributed by atoms with van der Waals surface area (Å²) in [5, 5.41) is 9.89. The summed E-state index contributed by atoms with van der Waals surface area (Å²) in [4.78, 5) is 45.9. The maximum Gasteiger partial charge on any atom is 0.313 e. The van der Waals surface area contributed by atoms with Gasteiger partial charge in [0.1, 0.15) is 24.2 Å². The Morgan fingerprint density at radius 1 is 1.15 bits per heavy atom. The van der Waals surface area contributed by atoms with Gasteiger partial charge in [0.2, 0.25) is 11.8 Å². The lowest BCUT2D eigenvalue weighted by atomic mass is 9.78. The molecule has 1 unspecified atom stereocenters. The molecule has 10 heteroatoms. The number of carbonyl (C=O) groups excluding carboxylic acids is 3. The summed E-state index contributed by atoms with van der Waals surface area (Å²) in [7, 11) is 0. The van der Waals surface area contributed by atoms with Crippen LogP contribution in [0.3, 0.4) is 0 Å². The molecule has 0 radical (unpaired) electrons. The van der Waals surface area contributed by atoms with Crippen LogP contribution in [-0.2, 0) is 28.6 Å². The van der Waals surface area contributed by atoms with E-state index in [9.17, 15) is 19.5 Å². The van der Waals surface area contributed by atoms with E-state index >= 15 is 0 Å². The van der Waals surface area contributed by atoms with Crippen LogP contribution in [0.5, 0.6) is 0 Å². The fourth-order valence-electron chi connectivity index (χ4n) is 5.81. The van der Waals surface area contributed by atoms with Gasteiger partial charge < -0.3 is 29.1 Å². The van der Waals surface area contributed by atoms with E-state index in [0.717, 1.165) is 13.1 Å². The highest BCUT2D eigenvalue weighted by molar-refractivity contribution is 5.99. The first-order chi connectivity index (χ1) is 16.0. The minimum Gasteiger partial charge on any atom is -0.461 e. The van der Waals surface area contributed by atoms with Gasteiger partial charge in [-0.3, -0.25) is 19.3 Å². The van der Waals surface area contributed by atoms with Crippen molar-refractivity contribution in [3.05, 3.63) is 24.3 Å². The number of cyclic esters (lactones) is 1. The van der Waals surface area contributed by atoms with Gasteiger partial charge in [-0.1, -0.05) is 18.2 Å². The third-order valence-electron chi connectivity index (χ3n) is 7.46. The van der Waals surface area contributed by atoms with Crippen LogP contribution in [0.15, 0.2) is 24.3 Å². The fourth-order valence-corrected chi connectivity index (χ4v) is 5.81. The number of carbonyl (C=O) groups is 3. The van der Waals surface area contributed by atoms with E-state index < -0.39 is 41.6 Å². The van der Waals surface area contributed by atoms with Crippen LogP contribution < -0.4 is 0 Å². The molecule has 10 nitrogen and oxygen atoms in total. The standard InChI is InChI=1S/C23H31N3O7/c1-15(14-27)26-19-21(29)25(8-7-24-9-12-31-13-10-24)6-3-5-23(19)18(20(26)28)17-16(33-23)4-2-11-32-22(17)30/h2-5,15-19,27H,6-14H2,1H3/t15-,16-,17+,18+,19?,23+/m1/s1. The van der Waals surface area contributed by atoms with E-state index in [2.05, 4.69) is 4.90 Å². The number of amides is 2. The van der Waals surface area contributed by atoms with E-state index in [-0.39, 0.29) is 25.0 Å². The lowest BCUT2D eigenvalue weighted by molar-refractivity contribution is -0.154. The molecule has 1 N–H and O–H groups in total. The van der Waals surface area contributed by atoms with E-state index in [1.165, 1.54) is 4.90 Å². The monoisotopic (exact) mass is 461 g/mol. The predicted molar refractivity (Wildman–Crippen MR) is 115 cm³/mol. The van der Waals surface area contributed by atoms with Crippen molar-refractivity contribution in [3.63, 3.8) is 0 Å². The highest BCUT2D eigenvalue weighted by atomic mass is 16.6. The summed E-state index contributed by atoms with van der Waals surface area (Å²) >= 11 is 0. The summed E-state index contributed by atoms with van der Waals surface area (Å²) in [6.45, 7) is 6.14. The van der Waals surface area contributed by atoms with Crippen molar-refractivity contribution in [1.82, 2.24) is 14.7 Å². The smallest absolute Gasteiger partial charge is 0.313 e. The van der Waals surface area contributed by atoms with Gasteiger partial charge in [0, 0.05) is 32.7 Å². The number of nitrogens with zero attached hydrogens (tertiary/aromatic N) is 3. The number of likely N-dealkylation sites (tertiary alicyclic amines) is 1. The van der Waals surface area contributed by atoms with E-state index in [1.54, 1.807) is 30.1 Å². The Morgan fingerprint density at radius 2 is 1.94 bits per heavy atom. The van der Waals surface area contributed by atoms with Crippen molar-refractivity contribution in [2.24, 2.45) is 11.8 Å². The van der Waals surface area contributed by atoms with Gasteiger partial charge in [-0.15, -0.1) is 0 Å². The molecular weight excluding hydrogens is 430 g/mol. The molecule has 0 aromatic carbocycles. The van der Waals surface area contributed by atoms with Gasteiger partial charge >= 0.3 is 5.97 Å². The number of morpholine rings is 1. The number of hydrogen-bond donors (Lipinski definition) is 1. The molecule has 33 heavy (non-hydrogen) atoms. The van der Waals surface area contributed by atoms with E-state index in [4.69, 9.17) is 14.2 Å². The third kappa shape index (κ3) is 3.60. The van der Waals surface area contributed by atoms with Crippen molar-refractivity contribution >= 4 is 17.8 Å². The Kier molecular flexibility index (Phi) is 6.02. The number of esters is 1. The van der Waals surface area contributed by atoms with Crippen molar-refractivity contribution in [2.45, 2.75) is 30.7 Å². The first-order valence-electron chi connectivity index (χ1n) is 11.7. The molecular formula is C23H31N3O7. The van der Waals surface area contributed by atoms with Crippen LogP contribution in [0.25, 0.3) is 0 Å². The van der Waals surface area contributed by atoms with Crippen LogP contribution in [0.1, 0.15) is 6.92 Å². The zero-order chi connectivity index (χ0) is 23.2. The van der Waals surface area contributed by atoms with Crippen molar-refractivity contribution in [2.75, 3.05) is 59.2 Å². The van der Waals surface area contributed by atoms with Crippen LogP contribution in [0.4, 0.5) is 0 Å². The summed E-state index contributed by atoms with van der Waals surface area (Å²) in [5.74, 6) is -2.78. The summed E-state index contributed by atoms with van der Waals surface area (Å²) < 4.78 is 17.1. The Labute approximate surface area is 192 Å². The van der Waals surface area contributed by atoms with Crippen molar-refractivity contribution in [3.8, 4) is 0 Å². The van der Waals surface area contributed by atoms with Crippen molar-refractivity contribution < 1.29 is 33.7 Å². The van der Waals surface area contributed by atoms with Crippen molar-refractivity contribution in [1.29, 1.82) is 0 Å². The molecule has 6 atom stereocenters. The summed E-state index contributed by atoms with van der Waals surface area (Å²) in [6.07, 6.45) is 6.49. The molecule has 2 amide bonds. The first kappa shape index (κ1) is 22.5. The van der Waals surface area contributed by atoms with Gasteiger partial charge in [-0.25, -0.2) is 0 Å². The first-order valence-corrected chi connectivity index (χ1v) is 11.7. The molecule has 0 bridgehead atoms. The average molecular weight is 462 g/mol. The number of hydrogen-bond acceptors (Lipinski definition) is 8. The maximum atomic E-state index is 13.9. The van der Waals surface area contributed by atoms with Crippen LogP contribution in [-0.4, -0.2) is 121 Å². The Morgan fingerprint density at radius 3 is 2.70 bits per heavy atom. The molecule has 3 saturated heterocycles. The number of aliphatic hydroxyl groups excluding tert-OH is 1. The fraction of sp³-hybridized carbons (Fsp3) is 0.696. The summed E-state index contributed by atoms with van der Waals surface area (Å²) in [6, 6.07) is -1.55. The highest BCUT2D eigenvalue weighted by Crippen LogP contribution is 2.53. The molecule has 1 spiro atoms. The molecule has 5 aliphatic rings. The minimum atomic E-state index is -1.28. The van der Waals surface area contributed by atoms with Gasteiger partial charge in [-0.2, -0.15) is 0 Å². The van der Waals surface area contributed by atoms with Gasteiger partial charge in [-0.05, 0) is 13.0 Å². The Bertz CT molecular complexity index is 870. The third-order valence-corrected chi connectivity index (χ3v) is 7.46. The van der Waals surface area contributed by atoms with Gasteiger partial charge in [0.25, 0.3) is 0 Å². The molecule has 180 valence electrons. The molecule has 0 aliphatic carbocycles. The number of rotatable bonds is 5. The Balaban J connectivity index is 1.48. The second kappa shape index (κ2) is 8.83. The second-order valence-corrected chi connectivity index (χ2v) is 9.32. The molecule has 5 heterocycles. The second-order valence-electron chi connectivity index (χ2n) is 9.32. The van der Waals surface area contributed by atoms with Crippen LogP contribution >= 0.6 is 0 Å². The number of aliphatic hydroxyl groups is 1. The molecule has 0 aromatic heterocycles. The normalized spacial score (nSPS) is 37.3. The van der Waals surface area contributed by atoms with Crippen LogP contribution in [0, 0.1) is 11.8 Å². The lowest BCUT2D eigenvalue weighted by Crippen LogP contribution is -2.58. The molecule has 0 aromatic rings. The Hall–Kier alpha value is -2.27. The van der Waals surface area contributed by atoms with Gasteiger partial charge in [0.15, 0.2) is 0 Å². The van der Waals surface area contributed by atoms with E-state index in [0.29, 0.717) is 32.8 Å². The largest absolute Gasteiger partial charge is 0.461 e. The predicted octanol–water partition coefficient (Wildman–Crippen LogP) is -1.21. The van der Waals surface area contributed by atoms with Gasteiger partial charge in [0.05, 0.1) is 37.9 Å². The molecule has 3 fully saturated rings. The average Bonchev–Trinajstić information content (AvgIpc) is 3.14.